The molecule has 2 aromatic rings. The van der Waals surface area contributed by atoms with Crippen LogP contribution >= 0.6 is 11.3 Å². The monoisotopic (exact) mass is 276 g/mol. The summed E-state index contributed by atoms with van der Waals surface area (Å²) in [6.45, 7) is 2.20. The summed E-state index contributed by atoms with van der Waals surface area (Å²) in [5, 5.41) is 6.11. The summed E-state index contributed by atoms with van der Waals surface area (Å²) in [4.78, 5) is 18.4. The van der Waals surface area contributed by atoms with E-state index in [2.05, 4.69) is 15.2 Å². The lowest BCUT2D eigenvalue weighted by molar-refractivity contribution is -0.122. The number of carbonyl (C=O) groups excluding carboxylic acids is 1. The molecule has 1 aliphatic heterocycles. The second kappa shape index (κ2) is 5.44. The third-order valence-electron chi connectivity index (χ3n) is 3.24. The van der Waals surface area contributed by atoms with Gasteiger partial charge < -0.3 is 14.8 Å². The van der Waals surface area contributed by atoms with E-state index in [0.717, 1.165) is 24.6 Å². The number of carbonyl (C=O) groups is 1. The van der Waals surface area contributed by atoms with E-state index in [1.807, 2.05) is 40.7 Å². The van der Waals surface area contributed by atoms with Crippen LogP contribution in [0, 0.1) is 0 Å². The lowest BCUT2D eigenvalue weighted by Crippen LogP contribution is -2.38. The fourth-order valence-corrected chi connectivity index (χ4v) is 3.02. The van der Waals surface area contributed by atoms with Gasteiger partial charge in [-0.1, -0.05) is 0 Å². The third-order valence-corrected chi connectivity index (χ3v) is 4.07. The maximum Gasteiger partial charge on any atom is 0.240 e. The highest BCUT2D eigenvalue weighted by Crippen LogP contribution is 2.22. The zero-order valence-corrected chi connectivity index (χ0v) is 11.3. The van der Waals surface area contributed by atoms with Crippen LogP contribution in [0.5, 0.6) is 0 Å². The van der Waals surface area contributed by atoms with E-state index < -0.39 is 0 Å². The summed E-state index contributed by atoms with van der Waals surface area (Å²) in [5.74, 6) is 0.0715. The molecule has 5 nitrogen and oxygen atoms in total. The van der Waals surface area contributed by atoms with Crippen LogP contribution in [-0.2, 0) is 11.3 Å². The molecule has 3 heterocycles. The highest BCUT2D eigenvalue weighted by molar-refractivity contribution is 7.13. The molecule has 1 fully saturated rings. The molecule has 0 bridgehead atoms. The largest absolute Gasteiger partial charge is 0.350 e. The van der Waals surface area contributed by atoms with Crippen LogP contribution in [0.1, 0.15) is 6.42 Å². The van der Waals surface area contributed by atoms with E-state index in [-0.39, 0.29) is 11.9 Å². The number of nitrogens with one attached hydrogen (secondary N) is 1. The molecule has 3 rings (SSSR count). The van der Waals surface area contributed by atoms with Crippen molar-refractivity contribution in [2.45, 2.75) is 19.0 Å². The highest BCUT2D eigenvalue weighted by atomic mass is 32.1. The number of hydrogen-bond donors (Lipinski definition) is 1. The zero-order chi connectivity index (χ0) is 13.1. The number of amides is 1. The molecule has 0 aliphatic carbocycles. The second-order valence-corrected chi connectivity index (χ2v) is 5.54. The van der Waals surface area contributed by atoms with Crippen molar-refractivity contribution in [1.29, 1.82) is 0 Å². The van der Waals surface area contributed by atoms with Gasteiger partial charge in [-0.25, -0.2) is 4.98 Å². The van der Waals surface area contributed by atoms with Crippen LogP contribution in [0.25, 0.3) is 0 Å². The van der Waals surface area contributed by atoms with Crippen molar-refractivity contribution in [3.05, 3.63) is 36.1 Å². The highest BCUT2D eigenvalue weighted by Gasteiger charge is 2.25. The third kappa shape index (κ3) is 2.96. The number of rotatable bonds is 4. The average molecular weight is 276 g/mol. The predicted octanol–water partition coefficient (Wildman–Crippen LogP) is 1.34. The van der Waals surface area contributed by atoms with Gasteiger partial charge in [0.1, 0.15) is 6.54 Å². The van der Waals surface area contributed by atoms with Crippen molar-refractivity contribution in [3.8, 4) is 0 Å². The summed E-state index contributed by atoms with van der Waals surface area (Å²) in [6.07, 6.45) is 6.60. The Morgan fingerprint density at radius 2 is 2.32 bits per heavy atom. The average Bonchev–Trinajstić information content (AvgIpc) is 3.09. The van der Waals surface area contributed by atoms with Gasteiger partial charge in [0.15, 0.2) is 5.13 Å². The first-order valence-corrected chi connectivity index (χ1v) is 7.24. The Kier molecular flexibility index (Phi) is 3.50. The van der Waals surface area contributed by atoms with E-state index in [0.29, 0.717) is 6.54 Å². The Labute approximate surface area is 115 Å². The SMILES string of the molecule is O=C(Cn1cccc1)N[C@H]1CCN(c2nccs2)C1. The topological polar surface area (TPSA) is 50.2 Å². The number of hydrogen-bond acceptors (Lipinski definition) is 4. The van der Waals surface area contributed by atoms with Crippen molar-refractivity contribution >= 4 is 22.4 Å². The van der Waals surface area contributed by atoms with Crippen LogP contribution in [0.2, 0.25) is 0 Å². The fourth-order valence-electron chi connectivity index (χ4n) is 2.34. The molecule has 1 saturated heterocycles. The van der Waals surface area contributed by atoms with Gasteiger partial charge in [-0.3, -0.25) is 4.79 Å². The van der Waals surface area contributed by atoms with Gasteiger partial charge in [-0.05, 0) is 18.6 Å². The first-order chi connectivity index (χ1) is 9.31. The zero-order valence-electron chi connectivity index (χ0n) is 10.5. The van der Waals surface area contributed by atoms with E-state index in [1.165, 1.54) is 0 Å². The lowest BCUT2D eigenvalue weighted by Gasteiger charge is -2.16. The molecule has 0 radical (unpaired) electrons. The fraction of sp³-hybridized carbons (Fsp3) is 0.385. The molecule has 1 N–H and O–H groups in total. The normalized spacial score (nSPS) is 18.7. The van der Waals surface area contributed by atoms with Crippen LogP contribution in [0.4, 0.5) is 5.13 Å². The van der Waals surface area contributed by atoms with E-state index in [9.17, 15) is 4.79 Å². The van der Waals surface area contributed by atoms with Crippen LogP contribution < -0.4 is 10.2 Å². The van der Waals surface area contributed by atoms with Crippen LogP contribution in [0.15, 0.2) is 36.1 Å². The number of aromatic nitrogens is 2. The maximum absolute atomic E-state index is 11.9. The molecule has 1 amide bonds. The van der Waals surface area contributed by atoms with Gasteiger partial charge in [0.2, 0.25) is 5.91 Å². The standard InChI is InChI=1S/C13H16N4OS/c18-12(10-16-5-1-2-6-16)15-11-3-7-17(9-11)13-14-4-8-19-13/h1-2,4-6,8,11H,3,7,9-10H2,(H,15,18)/t11-/m0/s1. The molecule has 0 spiro atoms. The minimum Gasteiger partial charge on any atom is -0.350 e. The Morgan fingerprint density at radius 3 is 3.05 bits per heavy atom. The molecule has 2 aromatic heterocycles. The van der Waals surface area contributed by atoms with Gasteiger partial charge in [0.25, 0.3) is 0 Å². The number of anilines is 1. The van der Waals surface area contributed by atoms with Gasteiger partial charge in [0.05, 0.1) is 0 Å². The summed E-state index contributed by atoms with van der Waals surface area (Å²) in [5.41, 5.74) is 0. The van der Waals surface area contributed by atoms with Crippen molar-refractivity contribution in [3.63, 3.8) is 0 Å². The minimum absolute atomic E-state index is 0.0715. The van der Waals surface area contributed by atoms with Crippen molar-refractivity contribution in [1.82, 2.24) is 14.9 Å². The Hall–Kier alpha value is -1.82. The summed E-state index contributed by atoms with van der Waals surface area (Å²) < 4.78 is 1.88. The van der Waals surface area contributed by atoms with Gasteiger partial charge in [0, 0.05) is 43.1 Å². The summed E-state index contributed by atoms with van der Waals surface area (Å²) in [6, 6.07) is 4.08. The van der Waals surface area contributed by atoms with Gasteiger partial charge >= 0.3 is 0 Å². The second-order valence-electron chi connectivity index (χ2n) is 4.67. The van der Waals surface area contributed by atoms with Crippen molar-refractivity contribution < 1.29 is 4.79 Å². The van der Waals surface area contributed by atoms with Gasteiger partial charge in [-0.15, -0.1) is 11.3 Å². The molecule has 0 unspecified atom stereocenters. The molecular formula is C13H16N4OS. The molecular weight excluding hydrogens is 260 g/mol. The molecule has 19 heavy (non-hydrogen) atoms. The van der Waals surface area contributed by atoms with Crippen molar-refractivity contribution in [2.75, 3.05) is 18.0 Å². The molecule has 0 saturated carbocycles. The molecule has 0 aromatic carbocycles. The summed E-state index contributed by atoms with van der Waals surface area (Å²) in [7, 11) is 0. The Bertz CT molecular complexity index is 523. The van der Waals surface area contributed by atoms with Crippen LogP contribution in [-0.4, -0.2) is 34.6 Å². The van der Waals surface area contributed by atoms with Crippen LogP contribution in [0.3, 0.4) is 0 Å². The van der Waals surface area contributed by atoms with E-state index >= 15 is 0 Å². The molecule has 1 atom stereocenters. The Balaban J connectivity index is 1.50. The number of nitrogens with zero attached hydrogens (tertiary/aromatic N) is 3. The molecule has 1 aliphatic rings. The van der Waals surface area contributed by atoms with E-state index in [4.69, 9.17) is 0 Å². The summed E-state index contributed by atoms with van der Waals surface area (Å²) >= 11 is 1.64. The molecule has 100 valence electrons. The quantitative estimate of drug-likeness (QED) is 0.917. The van der Waals surface area contributed by atoms with Crippen molar-refractivity contribution in [2.24, 2.45) is 0 Å². The minimum atomic E-state index is 0.0715. The first kappa shape index (κ1) is 12.2. The Morgan fingerprint density at radius 1 is 1.47 bits per heavy atom. The molecule has 6 heteroatoms. The lowest BCUT2D eigenvalue weighted by atomic mass is 10.2. The van der Waals surface area contributed by atoms with Gasteiger partial charge in [-0.2, -0.15) is 0 Å². The maximum atomic E-state index is 11.9. The first-order valence-electron chi connectivity index (χ1n) is 6.36. The number of thiazole rings is 1. The van der Waals surface area contributed by atoms with E-state index in [1.54, 1.807) is 11.3 Å². The predicted molar refractivity (Wildman–Crippen MR) is 75.3 cm³/mol. The smallest absolute Gasteiger partial charge is 0.240 e.